The van der Waals surface area contributed by atoms with Gasteiger partial charge in [0, 0.05) is 6.42 Å². The minimum absolute atomic E-state index is 0.117. The van der Waals surface area contributed by atoms with Gasteiger partial charge in [-0.25, -0.2) is 9.69 Å². The SMILES string of the molecule is CCOC(=O)N(CC(=O)O[Si](C)(C)C(C)(C)C)C(=O)CC. The molecular formula is C14H27NO5Si. The minimum Gasteiger partial charge on any atom is -0.518 e. The number of carbonyl (C=O) groups excluding carboxylic acids is 3. The second-order valence-corrected chi connectivity index (χ2v) is 11.0. The average Bonchev–Trinajstić information content (AvgIpc) is 2.33. The number of hydrogen-bond donors (Lipinski definition) is 0. The van der Waals surface area contributed by atoms with Crippen molar-refractivity contribution in [2.24, 2.45) is 0 Å². The fraction of sp³-hybridized carbons (Fsp3) is 0.786. The molecule has 6 nitrogen and oxygen atoms in total. The summed E-state index contributed by atoms with van der Waals surface area (Å²) in [7, 11) is -2.27. The van der Waals surface area contributed by atoms with Gasteiger partial charge in [-0.1, -0.05) is 27.7 Å². The molecule has 0 spiro atoms. The predicted octanol–water partition coefficient (Wildman–Crippen LogP) is 2.93. The van der Waals surface area contributed by atoms with Crippen molar-refractivity contribution in [1.82, 2.24) is 4.90 Å². The highest BCUT2D eigenvalue weighted by Gasteiger charge is 2.41. The van der Waals surface area contributed by atoms with E-state index in [1.807, 2.05) is 33.9 Å². The van der Waals surface area contributed by atoms with Crippen molar-refractivity contribution in [3.8, 4) is 0 Å². The maximum atomic E-state index is 12.1. The summed E-state index contributed by atoms with van der Waals surface area (Å²) in [5.74, 6) is -1.03. The molecule has 2 amide bonds. The third-order valence-electron chi connectivity index (χ3n) is 3.55. The Bertz CT molecular complexity index is 401. The van der Waals surface area contributed by atoms with E-state index in [9.17, 15) is 14.4 Å². The second kappa shape index (κ2) is 7.58. The Hall–Kier alpha value is -1.37. The van der Waals surface area contributed by atoms with Crippen molar-refractivity contribution in [2.75, 3.05) is 13.2 Å². The number of carbonyl (C=O) groups is 3. The van der Waals surface area contributed by atoms with Crippen LogP contribution in [0, 0.1) is 0 Å². The fourth-order valence-corrected chi connectivity index (χ4v) is 2.19. The van der Waals surface area contributed by atoms with Crippen molar-refractivity contribution < 1.29 is 23.5 Å². The Labute approximate surface area is 127 Å². The number of nitrogens with zero attached hydrogens (tertiary/aromatic N) is 1. The molecular weight excluding hydrogens is 290 g/mol. The predicted molar refractivity (Wildman–Crippen MR) is 82.3 cm³/mol. The molecule has 0 N–H and O–H groups in total. The smallest absolute Gasteiger partial charge is 0.417 e. The van der Waals surface area contributed by atoms with Crippen LogP contribution in [0.5, 0.6) is 0 Å². The van der Waals surface area contributed by atoms with E-state index in [-0.39, 0.29) is 18.1 Å². The molecule has 0 aliphatic rings. The van der Waals surface area contributed by atoms with Crippen molar-refractivity contribution in [3.63, 3.8) is 0 Å². The number of amides is 2. The van der Waals surface area contributed by atoms with Gasteiger partial charge < -0.3 is 9.16 Å². The van der Waals surface area contributed by atoms with Crippen molar-refractivity contribution in [1.29, 1.82) is 0 Å². The third-order valence-corrected chi connectivity index (χ3v) is 7.90. The summed E-state index contributed by atoms with van der Waals surface area (Å²) in [5.41, 5.74) is 0. The molecule has 0 aliphatic carbocycles. The normalized spacial score (nSPS) is 11.8. The number of imide groups is 1. The molecule has 0 radical (unpaired) electrons. The zero-order chi connectivity index (χ0) is 16.8. The van der Waals surface area contributed by atoms with Gasteiger partial charge in [0.25, 0.3) is 8.32 Å². The molecule has 0 rings (SSSR count). The molecule has 122 valence electrons. The molecule has 0 unspecified atom stereocenters. The van der Waals surface area contributed by atoms with Gasteiger partial charge in [-0.05, 0) is 25.1 Å². The van der Waals surface area contributed by atoms with Crippen LogP contribution < -0.4 is 0 Å². The summed E-state index contributed by atoms with van der Waals surface area (Å²) in [6.07, 6.45) is -0.692. The van der Waals surface area contributed by atoms with Crippen molar-refractivity contribution in [3.05, 3.63) is 0 Å². The van der Waals surface area contributed by atoms with Crippen LogP contribution in [0.3, 0.4) is 0 Å². The molecule has 21 heavy (non-hydrogen) atoms. The van der Waals surface area contributed by atoms with Gasteiger partial charge in [0.05, 0.1) is 6.61 Å². The van der Waals surface area contributed by atoms with Gasteiger partial charge in [-0.2, -0.15) is 0 Å². The van der Waals surface area contributed by atoms with Gasteiger partial charge in [0.15, 0.2) is 0 Å². The van der Waals surface area contributed by atoms with Crippen LogP contribution in [-0.4, -0.2) is 44.3 Å². The van der Waals surface area contributed by atoms with Crippen LogP contribution in [0.1, 0.15) is 41.0 Å². The summed E-state index contributed by atoms with van der Waals surface area (Å²) in [5, 5.41) is -0.133. The molecule has 7 heteroatoms. The Morgan fingerprint density at radius 2 is 1.62 bits per heavy atom. The summed E-state index contributed by atoms with van der Waals surface area (Å²) in [6, 6.07) is 0. The van der Waals surface area contributed by atoms with Crippen LogP contribution in [0.25, 0.3) is 0 Å². The maximum absolute atomic E-state index is 12.1. The largest absolute Gasteiger partial charge is 0.518 e. The van der Waals surface area contributed by atoms with Crippen LogP contribution >= 0.6 is 0 Å². The first-order valence-electron chi connectivity index (χ1n) is 7.15. The Morgan fingerprint density at radius 3 is 2.00 bits per heavy atom. The number of ether oxygens (including phenoxy) is 1. The van der Waals surface area contributed by atoms with E-state index in [4.69, 9.17) is 9.16 Å². The topological polar surface area (TPSA) is 72.9 Å². The molecule has 0 saturated carbocycles. The third kappa shape index (κ3) is 5.87. The second-order valence-electron chi connectivity index (χ2n) is 6.27. The lowest BCUT2D eigenvalue weighted by Crippen LogP contribution is -2.47. The maximum Gasteiger partial charge on any atom is 0.417 e. The molecule has 0 saturated heterocycles. The Kier molecular flexibility index (Phi) is 7.09. The first-order chi connectivity index (χ1) is 9.46. The molecule has 0 aromatic rings. The molecule has 0 bridgehead atoms. The lowest BCUT2D eigenvalue weighted by Gasteiger charge is -2.35. The molecule has 0 aromatic heterocycles. The fourth-order valence-electron chi connectivity index (χ4n) is 1.25. The van der Waals surface area contributed by atoms with Gasteiger partial charge in [-0.3, -0.25) is 9.59 Å². The van der Waals surface area contributed by atoms with E-state index in [0.29, 0.717) is 0 Å². The molecule has 0 fully saturated rings. The van der Waals surface area contributed by atoms with Crippen LogP contribution in [0.15, 0.2) is 0 Å². The van der Waals surface area contributed by atoms with Crippen LogP contribution in [0.2, 0.25) is 18.1 Å². The highest BCUT2D eigenvalue weighted by atomic mass is 28.4. The van der Waals surface area contributed by atoms with Gasteiger partial charge in [0.1, 0.15) is 6.54 Å². The van der Waals surface area contributed by atoms with E-state index >= 15 is 0 Å². The van der Waals surface area contributed by atoms with Crippen molar-refractivity contribution in [2.45, 2.75) is 59.2 Å². The van der Waals surface area contributed by atoms with Crippen molar-refractivity contribution >= 4 is 26.3 Å². The number of hydrogen-bond acceptors (Lipinski definition) is 5. The summed E-state index contributed by atoms with van der Waals surface area (Å²) < 4.78 is 10.3. The highest BCUT2D eigenvalue weighted by Crippen LogP contribution is 2.36. The highest BCUT2D eigenvalue weighted by molar-refractivity contribution is 6.75. The minimum atomic E-state index is -2.27. The van der Waals surface area contributed by atoms with E-state index in [1.165, 1.54) is 0 Å². The monoisotopic (exact) mass is 317 g/mol. The zero-order valence-electron chi connectivity index (χ0n) is 14.1. The van der Waals surface area contributed by atoms with Crippen LogP contribution in [0.4, 0.5) is 4.79 Å². The number of rotatable bonds is 5. The van der Waals surface area contributed by atoms with Gasteiger partial charge >= 0.3 is 12.1 Å². The van der Waals surface area contributed by atoms with E-state index in [1.54, 1.807) is 13.8 Å². The van der Waals surface area contributed by atoms with Gasteiger partial charge in [-0.15, -0.1) is 0 Å². The lowest BCUT2D eigenvalue weighted by molar-refractivity contribution is -0.142. The zero-order valence-corrected chi connectivity index (χ0v) is 15.1. The summed E-state index contributed by atoms with van der Waals surface area (Å²) in [4.78, 5) is 36.3. The lowest BCUT2D eigenvalue weighted by atomic mass is 10.2. The first kappa shape index (κ1) is 19.6. The Balaban J connectivity index is 4.91. The van der Waals surface area contributed by atoms with Gasteiger partial charge in [0.2, 0.25) is 5.91 Å². The summed E-state index contributed by atoms with van der Waals surface area (Å²) in [6.45, 7) is 12.9. The molecule has 0 atom stereocenters. The summed E-state index contributed by atoms with van der Waals surface area (Å²) >= 11 is 0. The molecule has 0 aliphatic heterocycles. The quantitative estimate of drug-likeness (QED) is 0.729. The van der Waals surface area contributed by atoms with E-state index in [2.05, 4.69) is 0 Å². The van der Waals surface area contributed by atoms with E-state index < -0.39 is 32.8 Å². The Morgan fingerprint density at radius 1 is 1.10 bits per heavy atom. The average molecular weight is 317 g/mol. The van der Waals surface area contributed by atoms with E-state index in [0.717, 1.165) is 4.90 Å². The molecule has 0 heterocycles. The standard InChI is InChI=1S/C14H27NO5Si/c1-8-11(16)15(13(18)19-9-2)10-12(17)20-21(6,7)14(3,4)5/h8-10H2,1-7H3. The first-order valence-corrected chi connectivity index (χ1v) is 10.1. The molecule has 0 aromatic carbocycles. The van der Waals surface area contributed by atoms with Crippen LogP contribution in [-0.2, 0) is 18.8 Å².